The van der Waals surface area contributed by atoms with E-state index in [0.717, 1.165) is 37.3 Å². The molecule has 1 fully saturated rings. The molecule has 6 nitrogen and oxygen atoms in total. The van der Waals surface area contributed by atoms with Crippen LogP contribution >= 0.6 is 0 Å². The van der Waals surface area contributed by atoms with Crippen molar-refractivity contribution in [3.8, 4) is 0 Å². The van der Waals surface area contributed by atoms with Gasteiger partial charge in [-0.25, -0.2) is 4.79 Å². The largest absolute Gasteiger partial charge is 0.381 e. The fourth-order valence-corrected chi connectivity index (χ4v) is 2.91. The Hall–Kier alpha value is -2.08. The van der Waals surface area contributed by atoms with Gasteiger partial charge in [0.25, 0.3) is 0 Å². The fourth-order valence-electron chi connectivity index (χ4n) is 2.91. The van der Waals surface area contributed by atoms with Gasteiger partial charge in [0.15, 0.2) is 0 Å². The third-order valence-electron chi connectivity index (χ3n) is 4.48. The second-order valence-electron chi connectivity index (χ2n) is 6.83. The van der Waals surface area contributed by atoms with Crippen molar-refractivity contribution in [3.05, 3.63) is 29.8 Å². The number of hydrogen-bond acceptors (Lipinski definition) is 3. The van der Waals surface area contributed by atoms with Crippen molar-refractivity contribution >= 4 is 17.6 Å². The van der Waals surface area contributed by atoms with Crippen LogP contribution in [0, 0.1) is 5.92 Å². The maximum atomic E-state index is 12.0. The molecule has 0 bridgehead atoms. The molecule has 1 aromatic rings. The van der Waals surface area contributed by atoms with Crippen LogP contribution in [0.3, 0.4) is 0 Å². The second kappa shape index (κ2) is 9.42. The topological polar surface area (TPSA) is 70.7 Å². The maximum Gasteiger partial charge on any atom is 0.319 e. The van der Waals surface area contributed by atoms with Crippen molar-refractivity contribution in [2.24, 2.45) is 5.92 Å². The first-order valence-electron chi connectivity index (χ1n) is 8.94. The van der Waals surface area contributed by atoms with Gasteiger partial charge in [0.2, 0.25) is 5.91 Å². The minimum atomic E-state index is -0.188. The van der Waals surface area contributed by atoms with Crippen LogP contribution in [0.25, 0.3) is 0 Å². The Morgan fingerprint density at radius 2 is 1.84 bits per heavy atom. The predicted molar refractivity (Wildman–Crippen MR) is 98.4 cm³/mol. The number of carbonyl (C=O) groups is 2. The van der Waals surface area contributed by atoms with E-state index < -0.39 is 0 Å². The van der Waals surface area contributed by atoms with Crippen LogP contribution in [-0.4, -0.2) is 42.6 Å². The average Bonchev–Trinajstić information content (AvgIpc) is 2.59. The molecule has 1 saturated heterocycles. The second-order valence-corrected chi connectivity index (χ2v) is 6.83. The summed E-state index contributed by atoms with van der Waals surface area (Å²) >= 11 is 0. The van der Waals surface area contributed by atoms with Gasteiger partial charge >= 0.3 is 6.03 Å². The van der Waals surface area contributed by atoms with Crippen molar-refractivity contribution in [2.75, 3.05) is 25.1 Å². The number of nitrogens with one attached hydrogen (secondary N) is 2. The van der Waals surface area contributed by atoms with Gasteiger partial charge in [-0.15, -0.1) is 0 Å². The van der Waals surface area contributed by atoms with Gasteiger partial charge in [0, 0.05) is 45.0 Å². The Bertz CT molecular complexity index is 566. The lowest BCUT2D eigenvalue weighted by Gasteiger charge is -2.25. The van der Waals surface area contributed by atoms with E-state index in [-0.39, 0.29) is 18.0 Å². The molecule has 0 radical (unpaired) electrons. The molecule has 2 N–H and O–H groups in total. The molecular formula is C19H29N3O3. The number of urea groups is 1. The van der Waals surface area contributed by atoms with Crippen molar-refractivity contribution < 1.29 is 14.3 Å². The van der Waals surface area contributed by atoms with Gasteiger partial charge in [0.05, 0.1) is 0 Å². The quantitative estimate of drug-likeness (QED) is 0.831. The molecule has 0 atom stereocenters. The minimum Gasteiger partial charge on any atom is -0.381 e. The number of ether oxygens (including phenoxy) is 1. The lowest BCUT2D eigenvalue weighted by Crippen LogP contribution is -2.35. The van der Waals surface area contributed by atoms with Crippen molar-refractivity contribution in [1.29, 1.82) is 0 Å². The summed E-state index contributed by atoms with van der Waals surface area (Å²) in [6, 6.07) is 7.57. The van der Waals surface area contributed by atoms with E-state index in [2.05, 4.69) is 10.6 Å². The van der Waals surface area contributed by atoms with E-state index in [1.54, 1.807) is 6.92 Å². The van der Waals surface area contributed by atoms with Crippen LogP contribution in [0.15, 0.2) is 24.3 Å². The highest BCUT2D eigenvalue weighted by Crippen LogP contribution is 2.15. The van der Waals surface area contributed by atoms with Crippen molar-refractivity contribution in [2.45, 2.75) is 46.2 Å². The number of rotatable bonds is 6. The lowest BCUT2D eigenvalue weighted by atomic mass is 10.0. The van der Waals surface area contributed by atoms with Crippen molar-refractivity contribution in [3.63, 3.8) is 0 Å². The van der Waals surface area contributed by atoms with Gasteiger partial charge in [-0.3, -0.25) is 4.79 Å². The molecule has 138 valence electrons. The van der Waals surface area contributed by atoms with E-state index >= 15 is 0 Å². The molecule has 0 unspecified atom stereocenters. The average molecular weight is 347 g/mol. The number of anilines is 1. The van der Waals surface area contributed by atoms with Crippen LogP contribution in [0.1, 0.15) is 39.2 Å². The summed E-state index contributed by atoms with van der Waals surface area (Å²) in [5, 5.41) is 5.76. The molecule has 2 rings (SSSR count). The van der Waals surface area contributed by atoms with Gasteiger partial charge in [-0.1, -0.05) is 12.1 Å². The van der Waals surface area contributed by atoms with Crippen LogP contribution in [0.2, 0.25) is 0 Å². The number of amides is 3. The molecule has 25 heavy (non-hydrogen) atoms. The molecule has 0 aliphatic carbocycles. The predicted octanol–water partition coefficient (Wildman–Crippen LogP) is 2.99. The van der Waals surface area contributed by atoms with Gasteiger partial charge in [-0.05, 0) is 50.3 Å². The van der Waals surface area contributed by atoms with E-state index in [1.807, 2.05) is 43.0 Å². The Labute approximate surface area is 149 Å². The van der Waals surface area contributed by atoms with Gasteiger partial charge in [-0.2, -0.15) is 0 Å². The van der Waals surface area contributed by atoms with Crippen molar-refractivity contribution in [1.82, 2.24) is 10.2 Å². The van der Waals surface area contributed by atoms with E-state index in [0.29, 0.717) is 19.0 Å². The molecule has 0 aromatic heterocycles. The zero-order valence-electron chi connectivity index (χ0n) is 15.4. The summed E-state index contributed by atoms with van der Waals surface area (Å²) in [6.45, 7) is 8.39. The fraction of sp³-hybridized carbons (Fsp3) is 0.579. The molecule has 0 spiro atoms. The Kier molecular flexibility index (Phi) is 7.25. The molecule has 1 heterocycles. The third-order valence-corrected chi connectivity index (χ3v) is 4.48. The normalized spacial score (nSPS) is 15.0. The highest BCUT2D eigenvalue weighted by molar-refractivity contribution is 5.89. The first kappa shape index (κ1) is 19.2. The molecule has 0 saturated carbocycles. The van der Waals surface area contributed by atoms with E-state index in [4.69, 9.17) is 4.74 Å². The first-order valence-corrected chi connectivity index (χ1v) is 8.94. The zero-order valence-corrected chi connectivity index (χ0v) is 15.4. The standard InChI is InChI=1S/C19H29N3O3/c1-14(2)22(15(3)23)13-17-4-6-18(7-5-17)21-19(24)20-12-16-8-10-25-11-9-16/h4-7,14,16H,8-13H2,1-3H3,(H2,20,21,24). The van der Waals surface area contributed by atoms with Crippen LogP contribution in [0.5, 0.6) is 0 Å². The molecular weight excluding hydrogens is 318 g/mol. The Morgan fingerprint density at radius 3 is 2.40 bits per heavy atom. The first-order chi connectivity index (χ1) is 12.0. The van der Waals surface area contributed by atoms with Crippen LogP contribution < -0.4 is 10.6 Å². The van der Waals surface area contributed by atoms with Crippen LogP contribution in [0.4, 0.5) is 10.5 Å². The zero-order chi connectivity index (χ0) is 18.2. The Morgan fingerprint density at radius 1 is 1.20 bits per heavy atom. The smallest absolute Gasteiger partial charge is 0.319 e. The highest BCUT2D eigenvalue weighted by atomic mass is 16.5. The highest BCUT2D eigenvalue weighted by Gasteiger charge is 2.15. The number of carbonyl (C=O) groups excluding carboxylic acids is 2. The maximum absolute atomic E-state index is 12.0. The summed E-state index contributed by atoms with van der Waals surface area (Å²) in [6.07, 6.45) is 1.99. The summed E-state index contributed by atoms with van der Waals surface area (Å²) < 4.78 is 5.32. The summed E-state index contributed by atoms with van der Waals surface area (Å²) in [7, 11) is 0. The van der Waals surface area contributed by atoms with Crippen LogP contribution in [-0.2, 0) is 16.1 Å². The van der Waals surface area contributed by atoms with Gasteiger partial charge in [0.1, 0.15) is 0 Å². The number of hydrogen-bond donors (Lipinski definition) is 2. The third kappa shape index (κ3) is 6.38. The lowest BCUT2D eigenvalue weighted by molar-refractivity contribution is -0.131. The number of nitrogens with zero attached hydrogens (tertiary/aromatic N) is 1. The summed E-state index contributed by atoms with van der Waals surface area (Å²) in [5.74, 6) is 0.556. The molecule has 1 aromatic carbocycles. The molecule has 1 aliphatic rings. The van der Waals surface area contributed by atoms with E-state index in [1.165, 1.54) is 0 Å². The van der Waals surface area contributed by atoms with E-state index in [9.17, 15) is 9.59 Å². The SMILES string of the molecule is CC(=O)N(Cc1ccc(NC(=O)NCC2CCOCC2)cc1)C(C)C. The Balaban J connectivity index is 1.80. The monoisotopic (exact) mass is 347 g/mol. The summed E-state index contributed by atoms with van der Waals surface area (Å²) in [5.41, 5.74) is 1.78. The summed E-state index contributed by atoms with van der Waals surface area (Å²) in [4.78, 5) is 25.5. The minimum absolute atomic E-state index is 0.0599. The molecule has 6 heteroatoms. The molecule has 1 aliphatic heterocycles. The molecule has 3 amide bonds. The van der Waals surface area contributed by atoms with Gasteiger partial charge < -0.3 is 20.3 Å². The number of benzene rings is 1.